The summed E-state index contributed by atoms with van der Waals surface area (Å²) in [5.74, 6) is -1.53. The lowest BCUT2D eigenvalue weighted by Crippen LogP contribution is -2.05. The number of benzene rings is 1. The molecule has 0 fully saturated rings. The summed E-state index contributed by atoms with van der Waals surface area (Å²) in [6.45, 7) is -3.01. The number of aromatic carboxylic acids is 1. The first-order valence-corrected chi connectivity index (χ1v) is 5.52. The molecule has 0 atom stereocenters. The molecule has 0 bridgehead atoms. The second-order valence-corrected chi connectivity index (χ2v) is 3.70. The molecule has 0 heterocycles. The maximum atomic E-state index is 12.0. The number of hydrogen-bond donors (Lipinski definition) is 1. The van der Waals surface area contributed by atoms with Gasteiger partial charge in [0.15, 0.2) is 0 Å². The van der Waals surface area contributed by atoms with Gasteiger partial charge in [-0.05, 0) is 17.7 Å². The van der Waals surface area contributed by atoms with Crippen LogP contribution in [-0.2, 0) is 5.33 Å². The highest BCUT2D eigenvalue weighted by molar-refractivity contribution is 9.08. The van der Waals surface area contributed by atoms with Gasteiger partial charge in [0.2, 0.25) is 0 Å². The predicted octanol–water partition coefficient (Wildman–Crippen LogP) is 3.53. The van der Waals surface area contributed by atoms with Gasteiger partial charge in [0.25, 0.3) is 0 Å². The molecule has 1 aromatic rings. The smallest absolute Gasteiger partial charge is 0.387 e. The molecule has 0 spiro atoms. The summed E-state index contributed by atoms with van der Waals surface area (Å²) in [5, 5.41) is 9.05. The topological polar surface area (TPSA) is 46.5 Å². The van der Waals surface area contributed by atoms with Crippen LogP contribution in [0.25, 0.3) is 0 Å². The highest BCUT2D eigenvalue weighted by Crippen LogP contribution is 2.29. The highest BCUT2D eigenvalue weighted by Gasteiger charge is 2.16. The maximum Gasteiger partial charge on any atom is 0.387 e. The van der Waals surface area contributed by atoms with Crippen LogP contribution in [-0.4, -0.2) is 17.7 Å². The Labute approximate surface area is 103 Å². The quantitative estimate of drug-likeness (QED) is 0.865. The number of carbonyl (C=O) groups is 1. The van der Waals surface area contributed by atoms with Crippen LogP contribution in [0.3, 0.4) is 0 Å². The van der Waals surface area contributed by atoms with Gasteiger partial charge >= 0.3 is 12.6 Å². The molecule has 0 radical (unpaired) electrons. The minimum absolute atomic E-state index is 0.00555. The van der Waals surface area contributed by atoms with Crippen LogP contribution in [0.4, 0.5) is 8.78 Å². The highest BCUT2D eigenvalue weighted by atomic mass is 79.9. The number of hydrogen-bond acceptors (Lipinski definition) is 2. The van der Waals surface area contributed by atoms with Crippen molar-refractivity contribution in [3.8, 4) is 5.75 Å². The van der Waals surface area contributed by atoms with E-state index in [1.165, 1.54) is 6.07 Å². The van der Waals surface area contributed by atoms with Crippen molar-refractivity contribution in [1.29, 1.82) is 0 Å². The number of alkyl halides is 3. The van der Waals surface area contributed by atoms with Gasteiger partial charge < -0.3 is 9.84 Å². The second-order valence-electron chi connectivity index (χ2n) is 2.76. The third kappa shape index (κ3) is 3.05. The molecular weight excluding hydrogens is 309 g/mol. The lowest BCUT2D eigenvalue weighted by molar-refractivity contribution is -0.0499. The Morgan fingerprint density at radius 3 is 2.62 bits per heavy atom. The van der Waals surface area contributed by atoms with Crippen LogP contribution in [0.15, 0.2) is 12.1 Å². The van der Waals surface area contributed by atoms with Crippen LogP contribution in [0.5, 0.6) is 5.75 Å². The average molecular weight is 315 g/mol. The Morgan fingerprint density at radius 2 is 2.19 bits per heavy atom. The minimum atomic E-state index is -3.01. The van der Waals surface area contributed by atoms with Crippen molar-refractivity contribution in [3.05, 3.63) is 28.3 Å². The van der Waals surface area contributed by atoms with Gasteiger partial charge in [-0.2, -0.15) is 8.78 Å². The van der Waals surface area contributed by atoms with Crippen molar-refractivity contribution < 1.29 is 23.4 Å². The molecule has 0 amide bonds. The second kappa shape index (κ2) is 5.45. The SMILES string of the molecule is O=C(O)c1cc(OC(F)F)cc(CBr)c1Cl. The Kier molecular flexibility index (Phi) is 4.49. The molecule has 0 saturated carbocycles. The van der Waals surface area contributed by atoms with Crippen LogP contribution >= 0.6 is 27.5 Å². The number of carboxylic acids is 1. The van der Waals surface area contributed by atoms with E-state index in [9.17, 15) is 13.6 Å². The third-order valence-corrected chi connectivity index (χ3v) is 2.77. The number of ether oxygens (including phenoxy) is 1. The predicted molar refractivity (Wildman–Crippen MR) is 57.7 cm³/mol. The fourth-order valence-corrected chi connectivity index (χ4v) is 1.94. The van der Waals surface area contributed by atoms with E-state index in [1.54, 1.807) is 0 Å². The van der Waals surface area contributed by atoms with E-state index in [0.29, 0.717) is 5.56 Å². The molecule has 1 N–H and O–H groups in total. The first kappa shape index (κ1) is 13.2. The van der Waals surface area contributed by atoms with Gasteiger partial charge in [0.05, 0.1) is 10.6 Å². The van der Waals surface area contributed by atoms with Crippen LogP contribution in [0.1, 0.15) is 15.9 Å². The Hall–Kier alpha value is -0.880. The normalized spacial score (nSPS) is 10.6. The van der Waals surface area contributed by atoms with Gasteiger partial charge in [-0.1, -0.05) is 27.5 Å². The van der Waals surface area contributed by atoms with Gasteiger partial charge in [0.1, 0.15) is 5.75 Å². The molecule has 0 aliphatic carbocycles. The summed E-state index contributed by atoms with van der Waals surface area (Å²) in [5.41, 5.74) is 0.103. The first-order valence-electron chi connectivity index (χ1n) is 4.02. The molecule has 7 heteroatoms. The van der Waals surface area contributed by atoms with Crippen molar-refractivity contribution in [2.24, 2.45) is 0 Å². The van der Waals surface area contributed by atoms with E-state index in [0.717, 1.165) is 6.07 Å². The lowest BCUT2D eigenvalue weighted by Gasteiger charge is -2.09. The van der Waals surface area contributed by atoms with Crippen LogP contribution in [0, 0.1) is 0 Å². The molecular formula is C9H6BrClF2O3. The summed E-state index contributed by atoms with van der Waals surface area (Å²) >= 11 is 8.83. The Bertz CT molecular complexity index is 412. The van der Waals surface area contributed by atoms with Gasteiger partial charge in [-0.15, -0.1) is 0 Å². The molecule has 16 heavy (non-hydrogen) atoms. The Balaban J connectivity index is 3.23. The average Bonchev–Trinajstić information content (AvgIpc) is 2.19. The molecule has 0 aliphatic heterocycles. The van der Waals surface area contributed by atoms with E-state index >= 15 is 0 Å². The van der Waals surface area contributed by atoms with Crippen molar-refractivity contribution in [2.45, 2.75) is 11.9 Å². The zero-order valence-electron chi connectivity index (χ0n) is 7.71. The summed E-state index contributed by atoms with van der Waals surface area (Å²) in [6, 6.07) is 2.22. The fraction of sp³-hybridized carbons (Fsp3) is 0.222. The Morgan fingerprint density at radius 1 is 1.56 bits per heavy atom. The molecule has 88 valence electrons. The fourth-order valence-electron chi connectivity index (χ4n) is 1.08. The largest absolute Gasteiger partial charge is 0.478 e. The van der Waals surface area contributed by atoms with E-state index in [2.05, 4.69) is 20.7 Å². The molecule has 1 rings (SSSR count). The number of rotatable bonds is 4. The third-order valence-electron chi connectivity index (χ3n) is 1.72. The molecule has 3 nitrogen and oxygen atoms in total. The van der Waals surface area contributed by atoms with E-state index in [4.69, 9.17) is 16.7 Å². The van der Waals surface area contributed by atoms with Crippen molar-refractivity contribution in [2.75, 3.05) is 0 Å². The molecule has 0 saturated heterocycles. The zero-order valence-corrected chi connectivity index (χ0v) is 10.1. The minimum Gasteiger partial charge on any atom is -0.478 e. The maximum absolute atomic E-state index is 12.0. The van der Waals surface area contributed by atoms with Crippen molar-refractivity contribution >= 4 is 33.5 Å². The van der Waals surface area contributed by atoms with Gasteiger partial charge in [-0.25, -0.2) is 4.79 Å². The van der Waals surface area contributed by atoms with Crippen molar-refractivity contribution in [1.82, 2.24) is 0 Å². The van der Waals surface area contributed by atoms with E-state index in [-0.39, 0.29) is 21.7 Å². The van der Waals surface area contributed by atoms with E-state index in [1.807, 2.05) is 0 Å². The summed E-state index contributed by atoms with van der Waals surface area (Å²) in [4.78, 5) is 10.8. The molecule has 0 aliphatic rings. The standard InChI is InChI=1S/C9H6BrClF2O3/c10-3-4-1-5(16-9(12)13)2-6(7(4)11)8(14)15/h1-2,9H,3H2,(H,14,15). The molecule has 1 aromatic carbocycles. The number of halogens is 4. The van der Waals surface area contributed by atoms with Gasteiger partial charge in [0, 0.05) is 5.33 Å². The van der Waals surface area contributed by atoms with Crippen LogP contribution < -0.4 is 4.74 Å². The summed E-state index contributed by atoms with van der Waals surface area (Å²) in [7, 11) is 0. The van der Waals surface area contributed by atoms with E-state index < -0.39 is 12.6 Å². The first-order chi connectivity index (χ1) is 7.45. The van der Waals surface area contributed by atoms with Crippen molar-refractivity contribution in [3.63, 3.8) is 0 Å². The zero-order chi connectivity index (χ0) is 12.3. The van der Waals surface area contributed by atoms with Crippen LogP contribution in [0.2, 0.25) is 5.02 Å². The van der Waals surface area contributed by atoms with Gasteiger partial charge in [-0.3, -0.25) is 0 Å². The number of carboxylic acid groups (broad SMARTS) is 1. The summed E-state index contributed by atoms with van der Waals surface area (Å²) < 4.78 is 28.1. The lowest BCUT2D eigenvalue weighted by atomic mass is 10.1. The monoisotopic (exact) mass is 314 g/mol. The molecule has 0 aromatic heterocycles. The summed E-state index contributed by atoms with van der Waals surface area (Å²) in [6.07, 6.45) is 0. The molecule has 0 unspecified atom stereocenters.